The van der Waals surface area contributed by atoms with Crippen molar-refractivity contribution in [2.75, 3.05) is 5.73 Å². The molecule has 0 bridgehead atoms. The van der Waals surface area contributed by atoms with Crippen LogP contribution < -0.4 is 5.73 Å². The maximum absolute atomic E-state index is 8.36. The highest BCUT2D eigenvalue weighted by Crippen LogP contribution is 2.13. The van der Waals surface area contributed by atoms with Crippen LogP contribution in [-0.4, -0.2) is 15.2 Å². The number of nitrogens with one attached hydrogen (secondary N) is 1. The van der Waals surface area contributed by atoms with Crippen molar-refractivity contribution in [2.45, 2.75) is 19.3 Å². The highest BCUT2D eigenvalue weighted by molar-refractivity contribution is 5.14. The van der Waals surface area contributed by atoms with Crippen molar-refractivity contribution in [3.8, 4) is 6.07 Å². The second-order valence-corrected chi connectivity index (χ2v) is 2.34. The van der Waals surface area contributed by atoms with Gasteiger partial charge in [-0.05, 0) is 0 Å². The second-order valence-electron chi connectivity index (χ2n) is 2.34. The molecule has 1 aromatic rings. The van der Waals surface area contributed by atoms with Gasteiger partial charge in [-0.3, -0.25) is 5.10 Å². The molecule has 1 rings (SSSR count). The summed E-state index contributed by atoms with van der Waals surface area (Å²) >= 11 is 0. The van der Waals surface area contributed by atoms with E-state index in [-0.39, 0.29) is 11.9 Å². The molecule has 0 radical (unpaired) electrons. The molecule has 0 fully saturated rings. The van der Waals surface area contributed by atoms with Crippen molar-refractivity contribution in [1.29, 1.82) is 5.26 Å². The van der Waals surface area contributed by atoms with E-state index in [1.807, 2.05) is 13.0 Å². The molecule has 0 amide bonds. The lowest BCUT2D eigenvalue weighted by Gasteiger charge is -1.98. The standard InChI is InChI=1S/C6H9N5/c1-4(2-3-7)5-9-6(8)11-10-5/h4H,2H2,1H3,(H3,8,9,10,11)/t4-/m1/s1. The Kier molecular flexibility index (Phi) is 2.06. The monoisotopic (exact) mass is 151 g/mol. The molecule has 0 unspecified atom stereocenters. The van der Waals surface area contributed by atoms with Crippen molar-refractivity contribution in [2.24, 2.45) is 0 Å². The number of aromatic nitrogens is 3. The predicted molar refractivity (Wildman–Crippen MR) is 39.4 cm³/mol. The second kappa shape index (κ2) is 3.01. The van der Waals surface area contributed by atoms with Crippen molar-refractivity contribution >= 4 is 5.95 Å². The maximum atomic E-state index is 8.36. The molecular weight excluding hydrogens is 142 g/mol. The van der Waals surface area contributed by atoms with Gasteiger partial charge in [0.15, 0.2) is 0 Å². The van der Waals surface area contributed by atoms with E-state index < -0.39 is 0 Å². The first-order valence-electron chi connectivity index (χ1n) is 3.28. The number of hydrogen-bond acceptors (Lipinski definition) is 4. The lowest BCUT2D eigenvalue weighted by molar-refractivity contribution is 0.725. The fraction of sp³-hybridized carbons (Fsp3) is 0.500. The summed E-state index contributed by atoms with van der Waals surface area (Å²) in [7, 11) is 0. The highest BCUT2D eigenvalue weighted by Gasteiger charge is 2.08. The van der Waals surface area contributed by atoms with Gasteiger partial charge >= 0.3 is 0 Å². The number of H-pyrrole nitrogens is 1. The summed E-state index contributed by atoms with van der Waals surface area (Å²) in [4.78, 5) is 3.89. The minimum atomic E-state index is 0.0739. The third-order valence-electron chi connectivity index (χ3n) is 1.38. The molecule has 1 atom stereocenters. The van der Waals surface area contributed by atoms with Gasteiger partial charge in [0, 0.05) is 12.3 Å². The maximum Gasteiger partial charge on any atom is 0.239 e. The van der Waals surface area contributed by atoms with Gasteiger partial charge in [-0.2, -0.15) is 10.2 Å². The average molecular weight is 151 g/mol. The van der Waals surface area contributed by atoms with Crippen LogP contribution in [0.3, 0.4) is 0 Å². The summed E-state index contributed by atoms with van der Waals surface area (Å²) < 4.78 is 0. The van der Waals surface area contributed by atoms with E-state index in [4.69, 9.17) is 11.0 Å². The molecule has 11 heavy (non-hydrogen) atoms. The number of aromatic amines is 1. The summed E-state index contributed by atoms with van der Waals surface area (Å²) in [6, 6.07) is 2.05. The van der Waals surface area contributed by atoms with Crippen LogP contribution in [0.4, 0.5) is 5.95 Å². The average Bonchev–Trinajstić information content (AvgIpc) is 2.36. The molecule has 0 saturated carbocycles. The van der Waals surface area contributed by atoms with Crippen LogP contribution in [0, 0.1) is 11.3 Å². The zero-order valence-electron chi connectivity index (χ0n) is 6.20. The Morgan fingerprint density at radius 2 is 2.55 bits per heavy atom. The summed E-state index contributed by atoms with van der Waals surface area (Å²) in [5.74, 6) is 0.971. The Bertz CT molecular complexity index is 271. The number of rotatable bonds is 2. The molecule has 5 heteroatoms. The molecule has 1 aromatic heterocycles. The van der Waals surface area contributed by atoms with Gasteiger partial charge in [0.2, 0.25) is 5.95 Å². The van der Waals surface area contributed by atoms with E-state index in [0.717, 1.165) is 0 Å². The quantitative estimate of drug-likeness (QED) is 0.640. The summed E-state index contributed by atoms with van der Waals surface area (Å²) in [5, 5.41) is 14.7. The van der Waals surface area contributed by atoms with E-state index in [1.165, 1.54) is 0 Å². The van der Waals surface area contributed by atoms with Crippen LogP contribution in [0.15, 0.2) is 0 Å². The van der Waals surface area contributed by atoms with Gasteiger partial charge in [-0.15, -0.1) is 5.10 Å². The molecule has 0 aliphatic heterocycles. The zero-order valence-corrected chi connectivity index (χ0v) is 6.20. The van der Waals surface area contributed by atoms with Crippen LogP contribution in [0.2, 0.25) is 0 Å². The molecule has 3 N–H and O–H groups in total. The minimum absolute atomic E-state index is 0.0739. The molecule has 58 valence electrons. The number of nitrogen functional groups attached to an aromatic ring is 1. The highest BCUT2D eigenvalue weighted by atomic mass is 15.3. The Morgan fingerprint density at radius 1 is 1.82 bits per heavy atom. The van der Waals surface area contributed by atoms with Gasteiger partial charge in [0.1, 0.15) is 5.82 Å². The van der Waals surface area contributed by atoms with Crippen molar-refractivity contribution < 1.29 is 0 Å². The molecule has 0 spiro atoms. The predicted octanol–water partition coefficient (Wildman–Crippen LogP) is 0.404. The largest absolute Gasteiger partial charge is 0.367 e. The van der Waals surface area contributed by atoms with Crippen LogP contribution in [-0.2, 0) is 0 Å². The van der Waals surface area contributed by atoms with Crippen LogP contribution in [0.1, 0.15) is 25.1 Å². The SMILES string of the molecule is C[C@H](CC#N)c1nc(N)n[nH]1. The number of nitrogens with two attached hydrogens (primary N) is 1. The first-order valence-corrected chi connectivity index (χ1v) is 3.28. The molecule has 0 aromatic carbocycles. The summed E-state index contributed by atoms with van der Waals surface area (Å²) in [6.45, 7) is 1.89. The van der Waals surface area contributed by atoms with Crippen LogP contribution in [0.5, 0.6) is 0 Å². The number of nitriles is 1. The Hall–Kier alpha value is -1.57. The topological polar surface area (TPSA) is 91.4 Å². The fourth-order valence-electron chi connectivity index (χ4n) is 0.742. The molecule has 0 aliphatic carbocycles. The normalized spacial score (nSPS) is 12.4. The summed E-state index contributed by atoms with van der Waals surface area (Å²) in [5.41, 5.74) is 5.28. The number of anilines is 1. The third kappa shape index (κ3) is 1.67. The van der Waals surface area contributed by atoms with Gasteiger partial charge in [0.05, 0.1) is 6.07 Å². The minimum Gasteiger partial charge on any atom is -0.367 e. The van der Waals surface area contributed by atoms with E-state index >= 15 is 0 Å². The van der Waals surface area contributed by atoms with E-state index in [0.29, 0.717) is 12.2 Å². The molecule has 5 nitrogen and oxygen atoms in total. The number of nitrogens with zero attached hydrogens (tertiary/aromatic N) is 3. The summed E-state index contributed by atoms with van der Waals surface area (Å²) in [6.07, 6.45) is 0.425. The Morgan fingerprint density at radius 3 is 3.00 bits per heavy atom. The molecular formula is C6H9N5. The fourth-order valence-corrected chi connectivity index (χ4v) is 0.742. The van der Waals surface area contributed by atoms with E-state index in [2.05, 4.69) is 15.2 Å². The number of hydrogen-bond donors (Lipinski definition) is 2. The van der Waals surface area contributed by atoms with Gasteiger partial charge in [-0.25, -0.2) is 0 Å². The zero-order chi connectivity index (χ0) is 8.27. The van der Waals surface area contributed by atoms with Gasteiger partial charge in [0.25, 0.3) is 0 Å². The molecule has 0 aliphatic rings. The first kappa shape index (κ1) is 7.54. The van der Waals surface area contributed by atoms with Crippen molar-refractivity contribution in [3.05, 3.63) is 5.82 Å². The van der Waals surface area contributed by atoms with Crippen LogP contribution in [0.25, 0.3) is 0 Å². The van der Waals surface area contributed by atoms with E-state index in [1.54, 1.807) is 0 Å². The van der Waals surface area contributed by atoms with Gasteiger partial charge < -0.3 is 5.73 Å². The Labute approximate surface area is 64.2 Å². The van der Waals surface area contributed by atoms with Crippen LogP contribution >= 0.6 is 0 Å². The Balaban J connectivity index is 2.70. The smallest absolute Gasteiger partial charge is 0.239 e. The van der Waals surface area contributed by atoms with Gasteiger partial charge in [-0.1, -0.05) is 6.92 Å². The molecule has 1 heterocycles. The lowest BCUT2D eigenvalue weighted by atomic mass is 10.1. The van der Waals surface area contributed by atoms with Crippen molar-refractivity contribution in [1.82, 2.24) is 15.2 Å². The molecule has 0 saturated heterocycles. The lowest BCUT2D eigenvalue weighted by Crippen LogP contribution is -1.95. The van der Waals surface area contributed by atoms with E-state index in [9.17, 15) is 0 Å². The van der Waals surface area contributed by atoms with Crippen molar-refractivity contribution in [3.63, 3.8) is 0 Å². The third-order valence-corrected chi connectivity index (χ3v) is 1.38. The first-order chi connectivity index (χ1) is 5.24.